The topological polar surface area (TPSA) is 79.5 Å². The summed E-state index contributed by atoms with van der Waals surface area (Å²) < 4.78 is 1.96. The molecule has 3 heterocycles. The van der Waals surface area contributed by atoms with Crippen LogP contribution in [0.5, 0.6) is 0 Å². The van der Waals surface area contributed by atoms with E-state index in [9.17, 15) is 0 Å². The predicted molar refractivity (Wildman–Crippen MR) is 96.4 cm³/mol. The Morgan fingerprint density at radius 2 is 2.21 bits per heavy atom. The number of fused-ring (bicyclic) bond motifs is 1. The summed E-state index contributed by atoms with van der Waals surface area (Å²) in [5.74, 6) is 1.62. The van der Waals surface area contributed by atoms with Crippen LogP contribution in [-0.2, 0) is 13.0 Å². The highest BCUT2D eigenvalue weighted by Crippen LogP contribution is 2.10. The van der Waals surface area contributed by atoms with Crippen LogP contribution in [-0.4, -0.2) is 39.1 Å². The van der Waals surface area contributed by atoms with Gasteiger partial charge in [-0.15, -0.1) is 21.5 Å². The van der Waals surface area contributed by atoms with E-state index >= 15 is 0 Å². The van der Waals surface area contributed by atoms with E-state index in [0.29, 0.717) is 6.54 Å². The third-order valence-electron chi connectivity index (χ3n) is 3.55. The molecule has 2 N–H and O–H groups in total. The molecule has 0 atom stereocenters. The van der Waals surface area contributed by atoms with Crippen molar-refractivity contribution in [3.63, 3.8) is 0 Å². The SMILES string of the molecule is CN=C(NCCCc1nc(C)cs1)NCc1nnc2ccccn12. The molecule has 0 unspecified atom stereocenters. The Morgan fingerprint density at radius 3 is 3.00 bits per heavy atom. The summed E-state index contributed by atoms with van der Waals surface area (Å²) >= 11 is 1.72. The number of rotatable bonds is 6. The number of nitrogens with one attached hydrogen (secondary N) is 2. The van der Waals surface area contributed by atoms with Crippen LogP contribution in [0.1, 0.15) is 22.9 Å². The maximum absolute atomic E-state index is 4.47. The molecule has 0 fully saturated rings. The number of nitrogens with zero attached hydrogens (tertiary/aromatic N) is 5. The molecule has 126 valence electrons. The Kier molecular flexibility index (Phi) is 5.37. The van der Waals surface area contributed by atoms with Crippen molar-refractivity contribution in [1.82, 2.24) is 30.2 Å². The van der Waals surface area contributed by atoms with Crippen molar-refractivity contribution in [2.24, 2.45) is 4.99 Å². The summed E-state index contributed by atoms with van der Waals surface area (Å²) in [4.78, 5) is 8.71. The van der Waals surface area contributed by atoms with Crippen LogP contribution in [0.15, 0.2) is 34.8 Å². The summed E-state index contributed by atoms with van der Waals surface area (Å²) in [5.41, 5.74) is 1.94. The number of aromatic nitrogens is 4. The predicted octanol–water partition coefficient (Wildman–Crippen LogP) is 1.79. The fourth-order valence-electron chi connectivity index (χ4n) is 2.36. The zero-order valence-corrected chi connectivity index (χ0v) is 14.7. The van der Waals surface area contributed by atoms with E-state index in [2.05, 4.69) is 36.2 Å². The molecule has 24 heavy (non-hydrogen) atoms. The van der Waals surface area contributed by atoms with Gasteiger partial charge in [-0.25, -0.2) is 4.98 Å². The lowest BCUT2D eigenvalue weighted by Gasteiger charge is -2.10. The highest BCUT2D eigenvalue weighted by Gasteiger charge is 2.05. The van der Waals surface area contributed by atoms with Crippen molar-refractivity contribution in [2.75, 3.05) is 13.6 Å². The van der Waals surface area contributed by atoms with Gasteiger partial charge in [-0.2, -0.15) is 0 Å². The lowest BCUT2D eigenvalue weighted by atomic mass is 10.3. The molecule has 8 heteroatoms. The third kappa shape index (κ3) is 4.08. The van der Waals surface area contributed by atoms with E-state index in [-0.39, 0.29) is 0 Å². The van der Waals surface area contributed by atoms with Gasteiger partial charge in [0.1, 0.15) is 0 Å². The van der Waals surface area contributed by atoms with E-state index in [1.165, 1.54) is 5.01 Å². The van der Waals surface area contributed by atoms with Crippen LogP contribution in [0, 0.1) is 6.92 Å². The largest absolute Gasteiger partial charge is 0.356 e. The van der Waals surface area contributed by atoms with Gasteiger partial charge in [0.2, 0.25) is 0 Å². The minimum absolute atomic E-state index is 0.566. The van der Waals surface area contributed by atoms with Gasteiger partial charge < -0.3 is 10.6 Å². The van der Waals surface area contributed by atoms with Gasteiger partial charge in [-0.3, -0.25) is 9.39 Å². The first-order valence-electron chi connectivity index (χ1n) is 7.90. The van der Waals surface area contributed by atoms with Crippen LogP contribution in [0.25, 0.3) is 5.65 Å². The molecule has 0 aliphatic heterocycles. The highest BCUT2D eigenvalue weighted by molar-refractivity contribution is 7.09. The first-order valence-corrected chi connectivity index (χ1v) is 8.78. The molecule has 0 aromatic carbocycles. The fraction of sp³-hybridized carbons (Fsp3) is 0.375. The lowest BCUT2D eigenvalue weighted by molar-refractivity contribution is 0.725. The number of pyridine rings is 1. The Labute approximate surface area is 144 Å². The van der Waals surface area contributed by atoms with Crippen molar-refractivity contribution in [3.05, 3.63) is 46.3 Å². The van der Waals surface area contributed by atoms with Crippen LogP contribution >= 0.6 is 11.3 Å². The molecule has 0 radical (unpaired) electrons. The van der Waals surface area contributed by atoms with Crippen LogP contribution in [0.4, 0.5) is 0 Å². The Bertz CT molecular complexity index is 821. The molecule has 3 aromatic heterocycles. The van der Waals surface area contributed by atoms with Crippen molar-refractivity contribution in [2.45, 2.75) is 26.3 Å². The van der Waals surface area contributed by atoms with E-state index in [1.54, 1.807) is 18.4 Å². The van der Waals surface area contributed by atoms with Gasteiger partial charge >= 0.3 is 0 Å². The van der Waals surface area contributed by atoms with E-state index in [4.69, 9.17) is 0 Å². The Morgan fingerprint density at radius 1 is 1.29 bits per heavy atom. The standard InChI is InChI=1S/C16H21N7S/c1-12-11-24-15(20-12)7-5-8-18-16(17-2)19-10-14-22-21-13-6-3-4-9-23(13)14/h3-4,6,9,11H,5,7-8,10H2,1-2H3,(H2,17,18,19). The summed E-state index contributed by atoms with van der Waals surface area (Å²) in [6, 6.07) is 5.85. The average Bonchev–Trinajstić information content (AvgIpc) is 3.20. The number of guanidine groups is 1. The Balaban J connectivity index is 1.45. The van der Waals surface area contributed by atoms with E-state index in [1.807, 2.05) is 35.7 Å². The van der Waals surface area contributed by atoms with Gasteiger partial charge in [-0.05, 0) is 25.5 Å². The number of hydrogen-bond donors (Lipinski definition) is 2. The summed E-state index contributed by atoms with van der Waals surface area (Å²) in [6.45, 7) is 3.44. The molecule has 0 saturated heterocycles. The van der Waals surface area contributed by atoms with Gasteiger partial charge in [0.25, 0.3) is 0 Å². The summed E-state index contributed by atoms with van der Waals surface area (Å²) in [7, 11) is 1.77. The fourth-order valence-corrected chi connectivity index (χ4v) is 3.18. The normalized spacial score (nSPS) is 11.8. The van der Waals surface area contributed by atoms with Crippen molar-refractivity contribution in [3.8, 4) is 0 Å². The molecule has 0 amide bonds. The molecule has 3 rings (SSSR count). The number of thiazole rings is 1. The molecule has 0 aliphatic rings. The number of hydrogen-bond acceptors (Lipinski definition) is 5. The van der Waals surface area contributed by atoms with E-state index < -0.39 is 0 Å². The molecule has 0 spiro atoms. The molecular weight excluding hydrogens is 322 g/mol. The average molecular weight is 343 g/mol. The molecular formula is C16H21N7S. The maximum Gasteiger partial charge on any atom is 0.191 e. The van der Waals surface area contributed by atoms with Crippen molar-refractivity contribution < 1.29 is 0 Å². The zero-order chi connectivity index (χ0) is 16.8. The number of aliphatic imine (C=N–C) groups is 1. The summed E-state index contributed by atoms with van der Waals surface area (Å²) in [5, 5.41) is 18.2. The second kappa shape index (κ2) is 7.87. The lowest BCUT2D eigenvalue weighted by Crippen LogP contribution is -2.37. The van der Waals surface area contributed by atoms with Gasteiger partial charge in [0.05, 0.1) is 11.6 Å². The third-order valence-corrected chi connectivity index (χ3v) is 4.57. The molecule has 0 saturated carbocycles. The Hall–Kier alpha value is -2.48. The minimum Gasteiger partial charge on any atom is -0.356 e. The minimum atomic E-state index is 0.566. The van der Waals surface area contributed by atoms with E-state index in [0.717, 1.165) is 42.5 Å². The van der Waals surface area contributed by atoms with Gasteiger partial charge in [0, 0.05) is 37.3 Å². The molecule has 7 nitrogen and oxygen atoms in total. The monoisotopic (exact) mass is 343 g/mol. The van der Waals surface area contributed by atoms with Crippen molar-refractivity contribution in [1.29, 1.82) is 0 Å². The van der Waals surface area contributed by atoms with Gasteiger partial charge in [-0.1, -0.05) is 6.07 Å². The molecule has 0 aliphatic carbocycles. The van der Waals surface area contributed by atoms with Crippen molar-refractivity contribution >= 4 is 22.9 Å². The molecule has 3 aromatic rings. The zero-order valence-electron chi connectivity index (χ0n) is 13.9. The number of aryl methyl sites for hydroxylation is 2. The van der Waals surface area contributed by atoms with Crippen LogP contribution in [0.2, 0.25) is 0 Å². The first-order chi connectivity index (χ1) is 11.8. The molecule has 0 bridgehead atoms. The van der Waals surface area contributed by atoms with Crippen LogP contribution in [0.3, 0.4) is 0 Å². The maximum atomic E-state index is 4.47. The van der Waals surface area contributed by atoms with Gasteiger partial charge in [0.15, 0.2) is 17.4 Å². The highest BCUT2D eigenvalue weighted by atomic mass is 32.1. The quantitative estimate of drug-likeness (QED) is 0.405. The van der Waals surface area contributed by atoms with Crippen LogP contribution < -0.4 is 10.6 Å². The summed E-state index contributed by atoms with van der Waals surface area (Å²) in [6.07, 6.45) is 3.96. The second-order valence-corrected chi connectivity index (χ2v) is 6.33. The first kappa shape index (κ1) is 16.4. The second-order valence-electron chi connectivity index (χ2n) is 5.38. The smallest absolute Gasteiger partial charge is 0.191 e.